The average Bonchev–Trinajstić information content (AvgIpc) is 2.88. The fourth-order valence-corrected chi connectivity index (χ4v) is 3.01. The third-order valence-electron chi connectivity index (χ3n) is 3.27. The summed E-state index contributed by atoms with van der Waals surface area (Å²) < 4.78 is 0. The molecule has 0 unspecified atom stereocenters. The van der Waals surface area contributed by atoms with Crippen LogP contribution >= 0.6 is 11.3 Å². The maximum atomic E-state index is 3.52. The normalized spacial score (nSPS) is 10.6. The Balaban J connectivity index is 1.86. The summed E-state index contributed by atoms with van der Waals surface area (Å²) in [5, 5.41) is 4.81. The zero-order valence-electron chi connectivity index (χ0n) is 11.9. The van der Waals surface area contributed by atoms with E-state index in [0.29, 0.717) is 0 Å². The highest BCUT2D eigenvalue weighted by atomic mass is 32.1. The molecule has 19 heavy (non-hydrogen) atoms. The number of unbranched alkanes of at least 4 members (excludes halogenated alkanes) is 3. The number of anilines is 1. The summed E-state index contributed by atoms with van der Waals surface area (Å²) in [7, 11) is 0. The van der Waals surface area contributed by atoms with Gasteiger partial charge < -0.3 is 5.32 Å². The first-order valence-electron chi connectivity index (χ1n) is 7.20. The van der Waals surface area contributed by atoms with Crippen LogP contribution in [0.3, 0.4) is 0 Å². The Morgan fingerprint density at radius 1 is 0.947 bits per heavy atom. The molecule has 0 amide bonds. The van der Waals surface area contributed by atoms with Crippen LogP contribution in [0.4, 0.5) is 5.00 Å². The van der Waals surface area contributed by atoms with Crippen molar-refractivity contribution in [1.82, 2.24) is 0 Å². The maximum absolute atomic E-state index is 3.52. The van der Waals surface area contributed by atoms with Gasteiger partial charge >= 0.3 is 0 Å². The molecule has 0 aliphatic heterocycles. The highest BCUT2D eigenvalue weighted by molar-refractivity contribution is 7.19. The summed E-state index contributed by atoms with van der Waals surface area (Å²) >= 11 is 1.84. The number of hydrogen-bond acceptors (Lipinski definition) is 2. The quantitative estimate of drug-likeness (QED) is 0.636. The molecule has 2 aromatic rings. The minimum atomic E-state index is 1.09. The molecule has 2 rings (SSSR count). The third-order valence-corrected chi connectivity index (χ3v) is 4.36. The van der Waals surface area contributed by atoms with E-state index in [2.05, 4.69) is 55.6 Å². The van der Waals surface area contributed by atoms with Crippen LogP contribution in [0, 0.1) is 6.92 Å². The first-order chi connectivity index (χ1) is 9.29. The van der Waals surface area contributed by atoms with Crippen molar-refractivity contribution in [3.63, 3.8) is 0 Å². The number of thiophene rings is 1. The second-order valence-electron chi connectivity index (χ2n) is 5.02. The van der Waals surface area contributed by atoms with Crippen molar-refractivity contribution in [3.8, 4) is 10.4 Å². The van der Waals surface area contributed by atoms with Gasteiger partial charge in [0.25, 0.3) is 0 Å². The summed E-state index contributed by atoms with van der Waals surface area (Å²) in [6.07, 6.45) is 5.25. The lowest BCUT2D eigenvalue weighted by molar-refractivity contribution is 0.685. The number of rotatable bonds is 7. The molecule has 0 saturated carbocycles. The van der Waals surface area contributed by atoms with E-state index in [4.69, 9.17) is 0 Å². The SMILES string of the molecule is CCCCCCNc1ccc(-c2ccc(C)cc2)s1. The van der Waals surface area contributed by atoms with E-state index in [0.717, 1.165) is 6.54 Å². The molecule has 0 bridgehead atoms. The molecule has 2 heteroatoms. The molecule has 1 nitrogen and oxygen atoms in total. The number of hydrogen-bond donors (Lipinski definition) is 1. The molecule has 0 spiro atoms. The van der Waals surface area contributed by atoms with Crippen LogP contribution in [-0.4, -0.2) is 6.54 Å². The highest BCUT2D eigenvalue weighted by Crippen LogP contribution is 2.31. The lowest BCUT2D eigenvalue weighted by Gasteiger charge is -2.02. The summed E-state index contributed by atoms with van der Waals surface area (Å²) in [5.74, 6) is 0. The van der Waals surface area contributed by atoms with E-state index in [1.807, 2.05) is 11.3 Å². The molecule has 1 N–H and O–H groups in total. The van der Waals surface area contributed by atoms with Gasteiger partial charge in [-0.15, -0.1) is 11.3 Å². The number of nitrogens with one attached hydrogen (secondary N) is 1. The lowest BCUT2D eigenvalue weighted by atomic mass is 10.1. The number of benzene rings is 1. The monoisotopic (exact) mass is 273 g/mol. The van der Waals surface area contributed by atoms with E-state index >= 15 is 0 Å². The van der Waals surface area contributed by atoms with Crippen LogP contribution < -0.4 is 5.32 Å². The minimum Gasteiger partial charge on any atom is -0.377 e. The molecule has 0 aliphatic carbocycles. The molecule has 102 valence electrons. The second kappa shape index (κ2) is 7.34. The molecule has 1 heterocycles. The van der Waals surface area contributed by atoms with Gasteiger partial charge in [0.15, 0.2) is 0 Å². The van der Waals surface area contributed by atoms with Crippen LogP contribution in [0.15, 0.2) is 36.4 Å². The predicted molar refractivity (Wildman–Crippen MR) is 87.1 cm³/mol. The van der Waals surface area contributed by atoms with Crippen LogP contribution in [0.2, 0.25) is 0 Å². The molecule has 0 saturated heterocycles. The van der Waals surface area contributed by atoms with E-state index in [1.165, 1.54) is 46.7 Å². The molecule has 0 aliphatic rings. The van der Waals surface area contributed by atoms with Crippen molar-refractivity contribution >= 4 is 16.3 Å². The second-order valence-corrected chi connectivity index (χ2v) is 6.10. The first-order valence-corrected chi connectivity index (χ1v) is 8.02. The maximum Gasteiger partial charge on any atom is 0.0888 e. The van der Waals surface area contributed by atoms with Crippen LogP contribution in [0.25, 0.3) is 10.4 Å². The zero-order chi connectivity index (χ0) is 13.5. The van der Waals surface area contributed by atoms with Crippen LogP contribution in [0.1, 0.15) is 38.2 Å². The first kappa shape index (κ1) is 14.1. The van der Waals surface area contributed by atoms with E-state index in [1.54, 1.807) is 0 Å². The topological polar surface area (TPSA) is 12.0 Å². The summed E-state index contributed by atoms with van der Waals surface area (Å²) in [6, 6.07) is 13.2. The molecule has 1 aromatic carbocycles. The average molecular weight is 273 g/mol. The molecule has 0 radical (unpaired) electrons. The Morgan fingerprint density at radius 3 is 2.47 bits per heavy atom. The van der Waals surface area contributed by atoms with Crippen molar-refractivity contribution in [2.45, 2.75) is 39.5 Å². The molecule has 0 fully saturated rings. The van der Waals surface area contributed by atoms with Crippen LogP contribution in [0.5, 0.6) is 0 Å². The molecule has 1 aromatic heterocycles. The van der Waals surface area contributed by atoms with Gasteiger partial charge in [-0.1, -0.05) is 56.0 Å². The standard InChI is InChI=1S/C17H23NS/c1-3-4-5-6-13-18-17-12-11-16(19-17)15-9-7-14(2)8-10-15/h7-12,18H,3-6,13H2,1-2H3. The van der Waals surface area contributed by atoms with Gasteiger partial charge in [-0.25, -0.2) is 0 Å². The molecular weight excluding hydrogens is 250 g/mol. The molecular formula is C17H23NS. The Morgan fingerprint density at radius 2 is 1.74 bits per heavy atom. The van der Waals surface area contributed by atoms with E-state index < -0.39 is 0 Å². The van der Waals surface area contributed by atoms with Crippen molar-refractivity contribution in [1.29, 1.82) is 0 Å². The smallest absolute Gasteiger partial charge is 0.0888 e. The van der Waals surface area contributed by atoms with Gasteiger partial charge in [-0.2, -0.15) is 0 Å². The summed E-state index contributed by atoms with van der Waals surface area (Å²) in [4.78, 5) is 1.34. The fourth-order valence-electron chi connectivity index (χ4n) is 2.07. The Hall–Kier alpha value is -1.28. The molecule has 0 atom stereocenters. The highest BCUT2D eigenvalue weighted by Gasteiger charge is 2.02. The largest absolute Gasteiger partial charge is 0.377 e. The fraction of sp³-hybridized carbons (Fsp3) is 0.412. The Kier molecular flexibility index (Phi) is 5.46. The predicted octanol–water partition coefficient (Wildman–Crippen LogP) is 5.72. The van der Waals surface area contributed by atoms with Gasteiger partial charge in [0.1, 0.15) is 0 Å². The Bertz CT molecular complexity index is 484. The van der Waals surface area contributed by atoms with Crippen molar-refractivity contribution in [2.75, 3.05) is 11.9 Å². The lowest BCUT2D eigenvalue weighted by Crippen LogP contribution is -1.98. The number of aryl methyl sites for hydroxylation is 1. The van der Waals surface area contributed by atoms with Gasteiger partial charge in [0, 0.05) is 11.4 Å². The van der Waals surface area contributed by atoms with Crippen molar-refractivity contribution in [2.24, 2.45) is 0 Å². The van der Waals surface area contributed by atoms with Gasteiger partial charge in [-0.05, 0) is 31.0 Å². The van der Waals surface area contributed by atoms with Gasteiger partial charge in [0.2, 0.25) is 0 Å². The third kappa shape index (κ3) is 4.39. The van der Waals surface area contributed by atoms with Crippen molar-refractivity contribution < 1.29 is 0 Å². The van der Waals surface area contributed by atoms with Gasteiger partial charge in [0.05, 0.1) is 5.00 Å². The van der Waals surface area contributed by atoms with Crippen molar-refractivity contribution in [3.05, 3.63) is 42.0 Å². The summed E-state index contributed by atoms with van der Waals surface area (Å²) in [6.45, 7) is 5.47. The minimum absolute atomic E-state index is 1.09. The zero-order valence-corrected chi connectivity index (χ0v) is 12.7. The van der Waals surface area contributed by atoms with E-state index in [-0.39, 0.29) is 0 Å². The Labute approximate surface area is 120 Å². The summed E-state index contributed by atoms with van der Waals surface area (Å²) in [5.41, 5.74) is 2.63. The van der Waals surface area contributed by atoms with E-state index in [9.17, 15) is 0 Å². The van der Waals surface area contributed by atoms with Crippen LogP contribution in [-0.2, 0) is 0 Å². The van der Waals surface area contributed by atoms with Gasteiger partial charge in [-0.3, -0.25) is 0 Å².